The van der Waals surface area contributed by atoms with Crippen LogP contribution in [0.2, 0.25) is 0 Å². The van der Waals surface area contributed by atoms with Gasteiger partial charge in [0.1, 0.15) is 17.9 Å². The summed E-state index contributed by atoms with van der Waals surface area (Å²) in [6.07, 6.45) is 1.71. The van der Waals surface area contributed by atoms with Gasteiger partial charge in [-0.2, -0.15) is 17.0 Å². The molecule has 0 N–H and O–H groups in total. The molecule has 1 aromatic carbocycles. The van der Waals surface area contributed by atoms with Crippen LogP contribution in [0.25, 0.3) is 0 Å². The third-order valence-electron chi connectivity index (χ3n) is 3.69. The minimum atomic E-state index is -0.473. The molecule has 1 fully saturated rings. The number of thiol groups is 1. The minimum absolute atomic E-state index is 0.00105. The zero-order chi connectivity index (χ0) is 17.1. The molecule has 0 spiro atoms. The van der Waals surface area contributed by atoms with Crippen molar-refractivity contribution in [1.82, 2.24) is 14.3 Å². The standard InChI is InChI=1S/C14H14N4O4S2/c19-14(22-7-9-1-3-10(4-2-9)18(20)21)17-6-11(23)5-12(17)13-15-8-16-24-13/h1-4,8,11-12,23H,5-7H2/t11-,12-/m0/s1. The van der Waals surface area contributed by atoms with Crippen molar-refractivity contribution in [2.24, 2.45) is 0 Å². The number of nitrogens with zero attached hydrogens (tertiary/aromatic N) is 4. The van der Waals surface area contributed by atoms with Crippen molar-refractivity contribution in [1.29, 1.82) is 0 Å². The number of carbonyl (C=O) groups excluding carboxylic acids is 1. The molecule has 0 bridgehead atoms. The molecule has 8 nitrogen and oxygen atoms in total. The molecule has 1 amide bonds. The van der Waals surface area contributed by atoms with Crippen LogP contribution >= 0.6 is 24.2 Å². The van der Waals surface area contributed by atoms with Crippen LogP contribution in [0.1, 0.15) is 23.0 Å². The number of nitro benzene ring substituents is 1. The second-order valence-corrected chi connectivity index (χ2v) is 6.86. The Bertz CT molecular complexity index is 723. The molecule has 24 heavy (non-hydrogen) atoms. The topological polar surface area (TPSA) is 98.5 Å². The first-order valence-corrected chi connectivity index (χ1v) is 8.45. The highest BCUT2D eigenvalue weighted by Crippen LogP contribution is 2.35. The molecule has 2 atom stereocenters. The lowest BCUT2D eigenvalue weighted by atomic mass is 10.2. The van der Waals surface area contributed by atoms with Crippen LogP contribution in [0.3, 0.4) is 0 Å². The summed E-state index contributed by atoms with van der Waals surface area (Å²) in [4.78, 5) is 28.3. The molecule has 1 saturated heterocycles. The number of benzene rings is 1. The molecule has 2 aromatic rings. The van der Waals surface area contributed by atoms with E-state index in [4.69, 9.17) is 4.74 Å². The number of ether oxygens (including phenoxy) is 1. The van der Waals surface area contributed by atoms with Gasteiger partial charge < -0.3 is 4.74 Å². The molecule has 10 heteroatoms. The van der Waals surface area contributed by atoms with Gasteiger partial charge in [-0.1, -0.05) is 0 Å². The first-order chi connectivity index (χ1) is 11.5. The predicted molar refractivity (Wildman–Crippen MR) is 90.0 cm³/mol. The normalized spacial score (nSPS) is 20.1. The molecule has 3 rings (SSSR count). The van der Waals surface area contributed by atoms with E-state index < -0.39 is 11.0 Å². The molecule has 1 aliphatic heterocycles. The zero-order valence-corrected chi connectivity index (χ0v) is 14.2. The Labute approximate surface area is 147 Å². The van der Waals surface area contributed by atoms with Crippen LogP contribution in [0.15, 0.2) is 30.6 Å². The summed E-state index contributed by atoms with van der Waals surface area (Å²) < 4.78 is 9.30. The summed E-state index contributed by atoms with van der Waals surface area (Å²) in [6.45, 7) is 0.528. The molecule has 0 saturated carbocycles. The monoisotopic (exact) mass is 366 g/mol. The van der Waals surface area contributed by atoms with Crippen molar-refractivity contribution in [3.8, 4) is 0 Å². The van der Waals surface area contributed by atoms with E-state index in [1.807, 2.05) is 0 Å². The van der Waals surface area contributed by atoms with Crippen LogP contribution in [-0.2, 0) is 11.3 Å². The van der Waals surface area contributed by atoms with Crippen molar-refractivity contribution in [2.45, 2.75) is 24.3 Å². The molecular weight excluding hydrogens is 352 g/mol. The third kappa shape index (κ3) is 3.65. The van der Waals surface area contributed by atoms with Gasteiger partial charge in [-0.15, -0.1) is 0 Å². The summed E-state index contributed by atoms with van der Waals surface area (Å²) in [6, 6.07) is 5.72. The molecule has 0 aliphatic carbocycles. The predicted octanol–water partition coefficient (Wildman–Crippen LogP) is 2.83. The van der Waals surface area contributed by atoms with E-state index in [1.165, 1.54) is 30.0 Å². The summed E-state index contributed by atoms with van der Waals surface area (Å²) in [5.41, 5.74) is 0.682. The summed E-state index contributed by atoms with van der Waals surface area (Å²) in [5.74, 6) is 0. The van der Waals surface area contributed by atoms with E-state index in [0.29, 0.717) is 18.5 Å². The molecule has 1 aliphatic rings. The maximum Gasteiger partial charge on any atom is 0.410 e. The first-order valence-electron chi connectivity index (χ1n) is 7.16. The Morgan fingerprint density at radius 3 is 2.83 bits per heavy atom. The SMILES string of the molecule is O=C(OCc1ccc([N+](=O)[O-])cc1)N1C[C@@H](S)C[C@H]1c1ncns1. The summed E-state index contributed by atoms with van der Waals surface area (Å²) >= 11 is 5.70. The van der Waals surface area contributed by atoms with Crippen LogP contribution in [0.5, 0.6) is 0 Å². The fourth-order valence-corrected chi connectivity index (χ4v) is 3.54. The van der Waals surface area contributed by atoms with Crippen LogP contribution in [0, 0.1) is 10.1 Å². The van der Waals surface area contributed by atoms with E-state index in [2.05, 4.69) is 22.0 Å². The largest absolute Gasteiger partial charge is 0.445 e. The van der Waals surface area contributed by atoms with Gasteiger partial charge in [0.15, 0.2) is 0 Å². The number of hydrogen-bond donors (Lipinski definition) is 1. The molecule has 126 valence electrons. The highest BCUT2D eigenvalue weighted by atomic mass is 32.1. The van der Waals surface area contributed by atoms with Gasteiger partial charge in [0.25, 0.3) is 5.69 Å². The molecule has 0 radical (unpaired) electrons. The van der Waals surface area contributed by atoms with Crippen LogP contribution in [0.4, 0.5) is 10.5 Å². The van der Waals surface area contributed by atoms with E-state index in [0.717, 1.165) is 5.01 Å². The smallest absolute Gasteiger partial charge is 0.410 e. The molecular formula is C14H14N4O4S2. The third-order valence-corrected chi connectivity index (χ3v) is 4.82. The Morgan fingerprint density at radius 2 is 2.21 bits per heavy atom. The van der Waals surface area contributed by atoms with Gasteiger partial charge in [-0.3, -0.25) is 15.0 Å². The average Bonchev–Trinajstić information content (AvgIpc) is 3.22. The van der Waals surface area contributed by atoms with Crippen molar-refractivity contribution in [3.05, 3.63) is 51.3 Å². The van der Waals surface area contributed by atoms with E-state index in [-0.39, 0.29) is 23.6 Å². The zero-order valence-electron chi connectivity index (χ0n) is 12.4. The lowest BCUT2D eigenvalue weighted by molar-refractivity contribution is -0.384. The number of hydrogen-bond acceptors (Lipinski definition) is 8. The second-order valence-electron chi connectivity index (χ2n) is 5.32. The quantitative estimate of drug-likeness (QED) is 0.507. The van der Waals surface area contributed by atoms with Crippen LogP contribution < -0.4 is 0 Å². The number of carbonyl (C=O) groups is 1. The molecule has 2 heterocycles. The Morgan fingerprint density at radius 1 is 1.46 bits per heavy atom. The second kappa shape index (κ2) is 7.14. The van der Waals surface area contributed by atoms with Gasteiger partial charge in [0.05, 0.1) is 11.0 Å². The van der Waals surface area contributed by atoms with E-state index >= 15 is 0 Å². The summed E-state index contributed by atoms with van der Waals surface area (Å²) in [7, 11) is 0. The van der Waals surface area contributed by atoms with E-state index in [1.54, 1.807) is 17.0 Å². The number of aromatic nitrogens is 2. The maximum absolute atomic E-state index is 12.4. The lowest BCUT2D eigenvalue weighted by Gasteiger charge is -2.22. The Balaban J connectivity index is 1.62. The van der Waals surface area contributed by atoms with Gasteiger partial charge in [-0.25, -0.2) is 9.78 Å². The van der Waals surface area contributed by atoms with Gasteiger partial charge in [0, 0.05) is 23.9 Å². The number of nitro groups is 1. The van der Waals surface area contributed by atoms with Gasteiger partial charge >= 0.3 is 6.09 Å². The van der Waals surface area contributed by atoms with Crippen molar-refractivity contribution in [3.63, 3.8) is 0 Å². The Kier molecular flexibility index (Phi) is 4.95. The highest BCUT2D eigenvalue weighted by Gasteiger charge is 2.37. The fraction of sp³-hybridized carbons (Fsp3) is 0.357. The Hall–Kier alpha value is -2.20. The lowest BCUT2D eigenvalue weighted by Crippen LogP contribution is -2.31. The van der Waals surface area contributed by atoms with Crippen molar-refractivity contribution < 1.29 is 14.5 Å². The maximum atomic E-state index is 12.4. The highest BCUT2D eigenvalue weighted by molar-refractivity contribution is 7.81. The fourth-order valence-electron chi connectivity index (χ4n) is 2.52. The summed E-state index contributed by atoms with van der Waals surface area (Å²) in [5, 5.41) is 11.5. The number of amides is 1. The molecule has 1 aromatic heterocycles. The number of rotatable bonds is 4. The minimum Gasteiger partial charge on any atom is -0.445 e. The van der Waals surface area contributed by atoms with Gasteiger partial charge in [-0.05, 0) is 35.6 Å². The van der Waals surface area contributed by atoms with Crippen molar-refractivity contribution in [2.75, 3.05) is 6.54 Å². The number of likely N-dealkylation sites (tertiary alicyclic amines) is 1. The van der Waals surface area contributed by atoms with Crippen LogP contribution in [-0.4, -0.2) is 37.1 Å². The molecule has 0 unspecified atom stereocenters. The van der Waals surface area contributed by atoms with Gasteiger partial charge in [0.2, 0.25) is 0 Å². The van der Waals surface area contributed by atoms with E-state index in [9.17, 15) is 14.9 Å². The number of non-ortho nitro benzene ring substituents is 1. The van der Waals surface area contributed by atoms with Crippen molar-refractivity contribution >= 4 is 35.9 Å². The average molecular weight is 366 g/mol. The first kappa shape index (κ1) is 16.7.